The number of ether oxygens (including phenoxy) is 2. The molecule has 14 heavy (non-hydrogen) atoms. The molecule has 0 amide bonds. The Hall–Kier alpha value is -1.63. The van der Waals surface area contributed by atoms with E-state index in [2.05, 4.69) is 15.2 Å². The van der Waals surface area contributed by atoms with Crippen LogP contribution in [0.2, 0.25) is 0 Å². The summed E-state index contributed by atoms with van der Waals surface area (Å²) >= 11 is 0. The van der Waals surface area contributed by atoms with Crippen LogP contribution in [0.1, 0.15) is 17.0 Å². The van der Waals surface area contributed by atoms with Gasteiger partial charge in [-0.15, -0.1) is 5.10 Å². The number of aromatic amines is 1. The van der Waals surface area contributed by atoms with Gasteiger partial charge in [0.15, 0.2) is 0 Å². The number of anilines is 1. The molecule has 0 aromatic carbocycles. The van der Waals surface area contributed by atoms with Gasteiger partial charge in [0.2, 0.25) is 11.8 Å². The number of carbonyl (C=O) groups is 1. The van der Waals surface area contributed by atoms with Gasteiger partial charge in [0.1, 0.15) is 0 Å². The summed E-state index contributed by atoms with van der Waals surface area (Å²) in [4.78, 5) is 14.8. The van der Waals surface area contributed by atoms with E-state index in [-0.39, 0.29) is 18.4 Å². The molecule has 0 aliphatic rings. The van der Waals surface area contributed by atoms with Crippen LogP contribution >= 0.6 is 0 Å². The number of esters is 1. The largest absolute Gasteiger partial charge is 0.460 e. The van der Waals surface area contributed by atoms with Gasteiger partial charge in [0.25, 0.3) is 0 Å². The smallest absolute Gasteiger partial charge is 0.375 e. The molecule has 7 heteroatoms. The second-order valence-electron chi connectivity index (χ2n) is 2.52. The minimum atomic E-state index is -0.565. The van der Waals surface area contributed by atoms with Crippen molar-refractivity contribution < 1.29 is 14.3 Å². The number of carbonyl (C=O) groups excluding carboxylic acids is 1. The predicted octanol–water partition coefficient (Wildman–Crippen LogP) is -0.420. The lowest BCUT2D eigenvalue weighted by atomic mass is 10.5. The molecule has 0 aliphatic heterocycles. The van der Waals surface area contributed by atoms with Crippen LogP contribution in [-0.2, 0) is 9.47 Å². The molecule has 0 atom stereocenters. The highest BCUT2D eigenvalue weighted by Gasteiger charge is 2.11. The predicted molar refractivity (Wildman–Crippen MR) is 47.6 cm³/mol. The molecule has 0 aliphatic carbocycles. The molecular weight excluding hydrogens is 188 g/mol. The molecular formula is C7H12N4O3. The van der Waals surface area contributed by atoms with Gasteiger partial charge in [-0.2, -0.15) is 4.98 Å². The summed E-state index contributed by atoms with van der Waals surface area (Å²) < 4.78 is 9.62. The Morgan fingerprint density at radius 2 is 2.36 bits per heavy atom. The highest BCUT2D eigenvalue weighted by Crippen LogP contribution is 1.96. The Morgan fingerprint density at radius 1 is 1.57 bits per heavy atom. The first-order valence-electron chi connectivity index (χ1n) is 4.08. The van der Waals surface area contributed by atoms with Crippen LogP contribution in [0.5, 0.6) is 0 Å². The van der Waals surface area contributed by atoms with Gasteiger partial charge in [-0.1, -0.05) is 0 Å². The Balaban J connectivity index is 2.29. The summed E-state index contributed by atoms with van der Waals surface area (Å²) in [5.74, 6) is -0.529. The van der Waals surface area contributed by atoms with Crippen LogP contribution in [0.4, 0.5) is 5.95 Å². The molecule has 1 aromatic rings. The second kappa shape index (κ2) is 5.18. The van der Waals surface area contributed by atoms with Crippen molar-refractivity contribution in [2.75, 3.05) is 26.1 Å². The van der Waals surface area contributed by atoms with E-state index in [1.54, 1.807) is 7.11 Å². The number of aromatic nitrogens is 3. The van der Waals surface area contributed by atoms with E-state index in [0.717, 1.165) is 0 Å². The van der Waals surface area contributed by atoms with Crippen molar-refractivity contribution >= 4 is 11.9 Å². The minimum Gasteiger partial charge on any atom is -0.460 e. The summed E-state index contributed by atoms with van der Waals surface area (Å²) in [5.41, 5.74) is 5.21. The van der Waals surface area contributed by atoms with Crippen molar-refractivity contribution in [3.63, 3.8) is 0 Å². The molecule has 1 rings (SSSR count). The molecule has 1 heterocycles. The maximum atomic E-state index is 11.2. The van der Waals surface area contributed by atoms with Crippen LogP contribution in [-0.4, -0.2) is 41.5 Å². The fourth-order valence-electron chi connectivity index (χ4n) is 0.803. The van der Waals surface area contributed by atoms with Crippen LogP contribution < -0.4 is 5.73 Å². The highest BCUT2D eigenvalue weighted by molar-refractivity contribution is 5.85. The molecule has 0 spiro atoms. The molecule has 0 saturated heterocycles. The molecule has 0 saturated carbocycles. The first kappa shape index (κ1) is 10.5. The Morgan fingerprint density at radius 3 is 2.93 bits per heavy atom. The summed E-state index contributed by atoms with van der Waals surface area (Å²) in [6.07, 6.45) is 0.645. The minimum absolute atomic E-state index is 0.0138. The number of hydrogen-bond acceptors (Lipinski definition) is 6. The quantitative estimate of drug-likeness (QED) is 0.494. The van der Waals surface area contributed by atoms with Gasteiger partial charge < -0.3 is 15.2 Å². The number of H-pyrrole nitrogens is 1. The fourth-order valence-corrected chi connectivity index (χ4v) is 0.803. The number of nitrogen functional groups attached to an aromatic ring is 1. The zero-order valence-corrected chi connectivity index (χ0v) is 7.82. The number of nitrogens with two attached hydrogens (primary N) is 1. The molecule has 78 valence electrons. The van der Waals surface area contributed by atoms with Crippen molar-refractivity contribution in [3.05, 3.63) is 5.82 Å². The molecule has 0 unspecified atom stereocenters. The molecule has 0 radical (unpaired) electrons. The summed E-state index contributed by atoms with van der Waals surface area (Å²) in [5, 5.41) is 5.85. The topological polar surface area (TPSA) is 103 Å². The van der Waals surface area contributed by atoms with Crippen molar-refractivity contribution in [1.29, 1.82) is 0 Å². The van der Waals surface area contributed by atoms with Crippen molar-refractivity contribution in [2.45, 2.75) is 6.42 Å². The number of rotatable bonds is 5. The van der Waals surface area contributed by atoms with Crippen molar-refractivity contribution in [1.82, 2.24) is 15.2 Å². The van der Waals surface area contributed by atoms with Gasteiger partial charge in [-0.3, -0.25) is 5.10 Å². The lowest BCUT2D eigenvalue weighted by Gasteiger charge is -2.00. The fraction of sp³-hybridized carbons (Fsp3) is 0.571. The van der Waals surface area contributed by atoms with Gasteiger partial charge in [-0.05, 0) is 0 Å². The molecule has 0 fully saturated rings. The highest BCUT2D eigenvalue weighted by atomic mass is 16.5. The first-order valence-corrected chi connectivity index (χ1v) is 4.08. The third kappa shape index (κ3) is 3.02. The van der Waals surface area contributed by atoms with Gasteiger partial charge in [0, 0.05) is 20.1 Å². The molecule has 7 nitrogen and oxygen atoms in total. The third-order valence-corrected chi connectivity index (χ3v) is 1.42. The van der Waals surface area contributed by atoms with E-state index in [1.165, 1.54) is 0 Å². The summed E-state index contributed by atoms with van der Waals surface area (Å²) in [6.45, 7) is 0.832. The summed E-state index contributed by atoms with van der Waals surface area (Å²) in [6, 6.07) is 0. The van der Waals surface area contributed by atoms with Gasteiger partial charge in [0.05, 0.1) is 6.61 Å². The number of nitrogens with one attached hydrogen (secondary N) is 1. The van der Waals surface area contributed by atoms with E-state index in [4.69, 9.17) is 15.2 Å². The lowest BCUT2D eigenvalue weighted by molar-refractivity contribution is 0.0455. The zero-order chi connectivity index (χ0) is 10.4. The Labute approximate surface area is 80.6 Å². The first-order chi connectivity index (χ1) is 6.74. The van der Waals surface area contributed by atoms with Gasteiger partial charge >= 0.3 is 5.97 Å². The lowest BCUT2D eigenvalue weighted by Crippen LogP contribution is -2.09. The van der Waals surface area contributed by atoms with Crippen LogP contribution in [0.3, 0.4) is 0 Å². The van der Waals surface area contributed by atoms with Gasteiger partial charge in [-0.25, -0.2) is 4.79 Å². The van der Waals surface area contributed by atoms with Crippen LogP contribution in [0, 0.1) is 0 Å². The average molecular weight is 200 g/mol. The SMILES string of the molecule is COCCCOC(=O)c1nc(N)n[nH]1. The monoisotopic (exact) mass is 200 g/mol. The number of methoxy groups -OCH3 is 1. The molecule has 0 bridgehead atoms. The van der Waals surface area contributed by atoms with E-state index in [1.807, 2.05) is 0 Å². The van der Waals surface area contributed by atoms with Crippen molar-refractivity contribution in [3.8, 4) is 0 Å². The maximum Gasteiger partial charge on any atom is 0.375 e. The Kier molecular flexibility index (Phi) is 3.86. The second-order valence-corrected chi connectivity index (χ2v) is 2.52. The molecule has 1 aromatic heterocycles. The zero-order valence-electron chi connectivity index (χ0n) is 7.82. The normalized spacial score (nSPS) is 10.1. The number of hydrogen-bond donors (Lipinski definition) is 2. The molecule has 3 N–H and O–H groups in total. The average Bonchev–Trinajstić information content (AvgIpc) is 2.59. The summed E-state index contributed by atoms with van der Waals surface area (Å²) in [7, 11) is 1.58. The standard InChI is InChI=1S/C7H12N4O3/c1-13-3-2-4-14-6(12)5-9-7(8)11-10-5/h2-4H2,1H3,(H3,8,9,10,11). The van der Waals surface area contributed by atoms with E-state index >= 15 is 0 Å². The van der Waals surface area contributed by atoms with E-state index in [0.29, 0.717) is 13.0 Å². The van der Waals surface area contributed by atoms with Crippen molar-refractivity contribution in [2.24, 2.45) is 0 Å². The van der Waals surface area contributed by atoms with Crippen LogP contribution in [0.15, 0.2) is 0 Å². The maximum absolute atomic E-state index is 11.2. The van der Waals surface area contributed by atoms with E-state index in [9.17, 15) is 4.79 Å². The van der Waals surface area contributed by atoms with Crippen LogP contribution in [0.25, 0.3) is 0 Å². The van der Waals surface area contributed by atoms with E-state index < -0.39 is 5.97 Å². The Bertz CT molecular complexity index is 299. The number of nitrogens with zero attached hydrogens (tertiary/aromatic N) is 2. The third-order valence-electron chi connectivity index (χ3n) is 1.42.